The molecule has 2 aromatic heterocycles. The lowest BCUT2D eigenvalue weighted by Crippen LogP contribution is -2.17. The number of hydrogen-bond donors (Lipinski definition) is 3. The number of nitrogens with zero attached hydrogens (tertiary/aromatic N) is 3. The summed E-state index contributed by atoms with van der Waals surface area (Å²) in [5.41, 5.74) is 7.17. The SMILES string of the molecule is CC#N.Nc1ccccc1.O=c1[nH]ccc2c1c(Nc1ccc(OC(F)(F)F)cc1)nn2C1CCCCC1. The highest BCUT2D eigenvalue weighted by atomic mass is 19.4. The summed E-state index contributed by atoms with van der Waals surface area (Å²) >= 11 is 0. The zero-order valence-corrected chi connectivity index (χ0v) is 20.8. The molecule has 0 unspecified atom stereocenters. The molecule has 0 spiro atoms. The molecule has 0 amide bonds. The van der Waals surface area contributed by atoms with E-state index in [2.05, 4.69) is 20.1 Å². The number of H-pyrrole nitrogens is 1. The van der Waals surface area contributed by atoms with E-state index >= 15 is 0 Å². The van der Waals surface area contributed by atoms with Crippen LogP contribution in [-0.2, 0) is 0 Å². The summed E-state index contributed by atoms with van der Waals surface area (Å²) < 4.78 is 42.7. The maximum absolute atomic E-state index is 12.4. The van der Waals surface area contributed by atoms with E-state index < -0.39 is 6.36 Å². The molecule has 8 nitrogen and oxygen atoms in total. The molecule has 1 fully saturated rings. The molecule has 2 aromatic carbocycles. The lowest BCUT2D eigenvalue weighted by Gasteiger charge is -2.22. The number of halogens is 3. The van der Waals surface area contributed by atoms with Gasteiger partial charge in [0.15, 0.2) is 5.82 Å². The Hall–Kier alpha value is -4.46. The second-order valence-electron chi connectivity index (χ2n) is 8.48. The third-order valence-electron chi connectivity index (χ3n) is 5.70. The zero-order chi connectivity index (χ0) is 27.5. The van der Waals surface area contributed by atoms with Gasteiger partial charge in [-0.3, -0.25) is 9.48 Å². The molecule has 38 heavy (non-hydrogen) atoms. The number of anilines is 3. The predicted octanol–water partition coefficient (Wildman–Crippen LogP) is 6.67. The minimum Gasteiger partial charge on any atom is -0.406 e. The molecule has 0 radical (unpaired) electrons. The standard InChI is InChI=1S/C19H19F3N4O2.C6H7N.C2H3N/c20-19(21,22)28-14-8-6-12(7-9-14)24-17-16-15(10-11-23-18(16)27)26(25-17)13-4-2-1-3-5-13;7-6-4-2-1-3-5-6;1-2-3/h6-11,13H,1-5H2,(H,23,27)(H,24,25);1-5H,7H2;1H3. The smallest absolute Gasteiger partial charge is 0.406 e. The molecular formula is C27H29F3N6O2. The first-order valence-corrected chi connectivity index (χ1v) is 12.1. The van der Waals surface area contributed by atoms with Crippen molar-refractivity contribution in [1.82, 2.24) is 14.8 Å². The van der Waals surface area contributed by atoms with Crippen molar-refractivity contribution in [2.24, 2.45) is 0 Å². The second-order valence-corrected chi connectivity index (χ2v) is 8.48. The van der Waals surface area contributed by atoms with Crippen LogP contribution in [-0.4, -0.2) is 21.1 Å². The molecule has 1 saturated carbocycles. The van der Waals surface area contributed by atoms with Gasteiger partial charge in [-0.15, -0.1) is 13.2 Å². The van der Waals surface area contributed by atoms with E-state index in [1.54, 1.807) is 12.3 Å². The van der Waals surface area contributed by atoms with Gasteiger partial charge in [0.25, 0.3) is 5.56 Å². The van der Waals surface area contributed by atoms with E-state index in [0.717, 1.165) is 36.9 Å². The second kappa shape index (κ2) is 13.2. The summed E-state index contributed by atoms with van der Waals surface area (Å²) in [5.74, 6) is 0.0698. The van der Waals surface area contributed by atoms with Crippen molar-refractivity contribution in [3.63, 3.8) is 0 Å². The van der Waals surface area contributed by atoms with E-state index in [-0.39, 0.29) is 17.4 Å². The number of fused-ring (bicyclic) bond motifs is 1. The van der Waals surface area contributed by atoms with E-state index in [1.807, 2.05) is 41.1 Å². The molecule has 4 N–H and O–H groups in total. The Morgan fingerprint density at radius 3 is 2.26 bits per heavy atom. The van der Waals surface area contributed by atoms with Crippen LogP contribution in [0.1, 0.15) is 45.1 Å². The number of nitriles is 1. The Morgan fingerprint density at radius 1 is 1.08 bits per heavy atom. The van der Waals surface area contributed by atoms with Crippen LogP contribution in [0, 0.1) is 11.3 Å². The molecule has 0 atom stereocenters. The number of rotatable bonds is 4. The Bertz CT molecular complexity index is 1390. The largest absolute Gasteiger partial charge is 0.573 e. The highest BCUT2D eigenvalue weighted by Gasteiger charge is 2.31. The highest BCUT2D eigenvalue weighted by molar-refractivity contribution is 5.91. The molecule has 200 valence electrons. The van der Waals surface area contributed by atoms with Crippen LogP contribution in [0.4, 0.5) is 30.4 Å². The third-order valence-corrected chi connectivity index (χ3v) is 5.70. The monoisotopic (exact) mass is 526 g/mol. The van der Waals surface area contributed by atoms with Gasteiger partial charge in [0, 0.05) is 24.5 Å². The summed E-state index contributed by atoms with van der Waals surface area (Å²) in [6, 6.07) is 18.6. The summed E-state index contributed by atoms with van der Waals surface area (Å²) in [5, 5.41) is 15.4. The first-order valence-electron chi connectivity index (χ1n) is 12.1. The van der Waals surface area contributed by atoms with Gasteiger partial charge < -0.3 is 20.8 Å². The van der Waals surface area contributed by atoms with Crippen LogP contribution in [0.15, 0.2) is 71.7 Å². The Labute approximate surface area is 217 Å². The zero-order valence-electron chi connectivity index (χ0n) is 20.8. The minimum absolute atomic E-state index is 0.233. The van der Waals surface area contributed by atoms with Crippen LogP contribution in [0.2, 0.25) is 0 Å². The van der Waals surface area contributed by atoms with Crippen molar-refractivity contribution in [1.29, 1.82) is 5.26 Å². The van der Waals surface area contributed by atoms with E-state index in [4.69, 9.17) is 11.0 Å². The third kappa shape index (κ3) is 8.03. The number of nitrogen functional groups attached to an aromatic ring is 1. The van der Waals surface area contributed by atoms with E-state index in [9.17, 15) is 18.0 Å². The van der Waals surface area contributed by atoms with Crippen molar-refractivity contribution in [3.05, 3.63) is 77.2 Å². The number of aromatic nitrogens is 3. The number of pyridine rings is 1. The summed E-state index contributed by atoms with van der Waals surface area (Å²) in [6.07, 6.45) is 2.32. The van der Waals surface area contributed by atoms with Crippen molar-refractivity contribution in [2.45, 2.75) is 51.4 Å². The lowest BCUT2D eigenvalue weighted by molar-refractivity contribution is -0.274. The van der Waals surface area contributed by atoms with Crippen LogP contribution in [0.5, 0.6) is 5.75 Å². The van der Waals surface area contributed by atoms with Gasteiger partial charge in [-0.1, -0.05) is 37.5 Å². The molecule has 0 saturated heterocycles. The Morgan fingerprint density at radius 2 is 1.71 bits per heavy atom. The normalized spacial score (nSPS) is 13.3. The average molecular weight is 527 g/mol. The van der Waals surface area contributed by atoms with Gasteiger partial charge in [0.1, 0.15) is 11.1 Å². The Kier molecular flexibility index (Phi) is 9.76. The molecule has 0 aliphatic heterocycles. The fraction of sp³-hybridized carbons (Fsp3) is 0.296. The maximum Gasteiger partial charge on any atom is 0.573 e. The maximum atomic E-state index is 12.4. The average Bonchev–Trinajstić information content (AvgIpc) is 3.26. The van der Waals surface area contributed by atoms with E-state index in [1.165, 1.54) is 37.6 Å². The molecule has 4 aromatic rings. The summed E-state index contributed by atoms with van der Waals surface area (Å²) in [4.78, 5) is 15.1. The van der Waals surface area contributed by atoms with Crippen molar-refractivity contribution in [2.75, 3.05) is 11.1 Å². The van der Waals surface area contributed by atoms with Gasteiger partial charge in [0.05, 0.1) is 17.6 Å². The van der Waals surface area contributed by atoms with Crippen molar-refractivity contribution >= 4 is 28.1 Å². The number of nitrogens with one attached hydrogen (secondary N) is 2. The highest BCUT2D eigenvalue weighted by Crippen LogP contribution is 2.33. The summed E-state index contributed by atoms with van der Waals surface area (Å²) in [6.45, 7) is 1.43. The van der Waals surface area contributed by atoms with Gasteiger partial charge in [0.2, 0.25) is 0 Å². The number of aromatic amines is 1. The van der Waals surface area contributed by atoms with Gasteiger partial charge >= 0.3 is 6.36 Å². The van der Waals surface area contributed by atoms with E-state index in [0.29, 0.717) is 16.9 Å². The van der Waals surface area contributed by atoms with Crippen molar-refractivity contribution in [3.8, 4) is 11.8 Å². The fourth-order valence-corrected chi connectivity index (χ4v) is 4.12. The molecule has 5 rings (SSSR count). The molecule has 1 aliphatic carbocycles. The number of para-hydroxylation sites is 1. The number of benzene rings is 2. The van der Waals surface area contributed by atoms with Gasteiger partial charge in [-0.05, 0) is 55.3 Å². The number of hydrogen-bond acceptors (Lipinski definition) is 6. The fourth-order valence-electron chi connectivity index (χ4n) is 4.12. The number of ether oxygens (including phenoxy) is 1. The molecule has 11 heteroatoms. The first-order chi connectivity index (χ1) is 18.2. The first kappa shape index (κ1) is 28.1. The van der Waals surface area contributed by atoms with Crippen LogP contribution >= 0.6 is 0 Å². The van der Waals surface area contributed by atoms with Crippen molar-refractivity contribution < 1.29 is 17.9 Å². The van der Waals surface area contributed by atoms with Crippen LogP contribution < -0.4 is 21.3 Å². The summed E-state index contributed by atoms with van der Waals surface area (Å²) in [7, 11) is 0. The van der Waals surface area contributed by atoms with Gasteiger partial charge in [-0.25, -0.2) is 0 Å². The van der Waals surface area contributed by atoms with Crippen LogP contribution in [0.3, 0.4) is 0 Å². The molecular weight excluding hydrogens is 497 g/mol. The quantitative estimate of drug-likeness (QED) is 0.255. The topological polar surface area (TPSA) is 122 Å². The lowest BCUT2D eigenvalue weighted by atomic mass is 9.95. The van der Waals surface area contributed by atoms with Crippen LogP contribution in [0.25, 0.3) is 10.9 Å². The Balaban J connectivity index is 0.000000338. The molecule has 1 aliphatic rings. The number of alkyl halides is 3. The minimum atomic E-state index is -4.74. The van der Waals surface area contributed by atoms with Gasteiger partial charge in [-0.2, -0.15) is 10.4 Å². The molecule has 0 bridgehead atoms. The molecule has 2 heterocycles. The predicted molar refractivity (Wildman–Crippen MR) is 141 cm³/mol. The number of nitrogens with two attached hydrogens (primary N) is 1.